The maximum atomic E-state index is 13.6. The maximum Gasteiger partial charge on any atom is 0.170 e. The minimum atomic E-state index is -0.536. The van der Waals surface area contributed by atoms with Crippen molar-refractivity contribution in [3.63, 3.8) is 0 Å². The normalized spacial score (nSPS) is 10.5. The number of carbonyl (C=O) groups excluding carboxylic acids is 1. The van der Waals surface area contributed by atoms with Gasteiger partial charge in [0, 0.05) is 19.7 Å². The zero-order chi connectivity index (χ0) is 12.4. The van der Waals surface area contributed by atoms with Crippen LogP contribution in [0.1, 0.15) is 15.9 Å². The molecule has 0 atom stereocenters. The summed E-state index contributed by atoms with van der Waals surface area (Å²) in [4.78, 5) is 11.8. The summed E-state index contributed by atoms with van der Waals surface area (Å²) in [5, 5.41) is 3.92. The Morgan fingerprint density at radius 1 is 1.53 bits per heavy atom. The van der Waals surface area contributed by atoms with Crippen molar-refractivity contribution in [3.05, 3.63) is 52.6 Å². The lowest BCUT2D eigenvalue weighted by molar-refractivity contribution is 0.0992. The Morgan fingerprint density at radius 2 is 2.29 bits per heavy atom. The van der Waals surface area contributed by atoms with E-state index in [0.717, 1.165) is 0 Å². The van der Waals surface area contributed by atoms with E-state index in [1.807, 2.05) is 0 Å². The molecule has 0 fully saturated rings. The largest absolute Gasteiger partial charge is 0.294 e. The van der Waals surface area contributed by atoms with E-state index in [1.165, 1.54) is 16.9 Å². The molecule has 5 heteroatoms. The van der Waals surface area contributed by atoms with Crippen molar-refractivity contribution < 1.29 is 9.18 Å². The maximum absolute atomic E-state index is 13.6. The minimum Gasteiger partial charge on any atom is -0.294 e. The van der Waals surface area contributed by atoms with E-state index in [4.69, 9.17) is 11.6 Å². The molecule has 0 amide bonds. The number of carbonyl (C=O) groups is 1. The molecule has 1 aromatic carbocycles. The Bertz CT molecular complexity index is 565. The fourth-order valence-corrected chi connectivity index (χ4v) is 1.72. The summed E-state index contributed by atoms with van der Waals surface area (Å²) < 4.78 is 15.1. The van der Waals surface area contributed by atoms with E-state index in [1.54, 1.807) is 25.4 Å². The van der Waals surface area contributed by atoms with Crippen LogP contribution in [0.25, 0.3) is 0 Å². The predicted octanol–water partition coefficient (Wildman–Crippen LogP) is 2.64. The van der Waals surface area contributed by atoms with Gasteiger partial charge in [0.25, 0.3) is 0 Å². The molecule has 0 radical (unpaired) electrons. The first kappa shape index (κ1) is 11.8. The Labute approximate surface area is 103 Å². The second-order valence-corrected chi connectivity index (χ2v) is 4.12. The van der Waals surface area contributed by atoms with Crippen molar-refractivity contribution in [1.29, 1.82) is 0 Å². The molecule has 0 N–H and O–H groups in total. The number of nitrogens with zero attached hydrogens (tertiary/aromatic N) is 2. The first-order valence-electron chi connectivity index (χ1n) is 5.02. The van der Waals surface area contributed by atoms with E-state index in [2.05, 4.69) is 5.10 Å². The Morgan fingerprint density at radius 3 is 2.94 bits per heavy atom. The highest BCUT2D eigenvalue weighted by Crippen LogP contribution is 2.19. The summed E-state index contributed by atoms with van der Waals surface area (Å²) in [5.41, 5.74) is 0.762. The topological polar surface area (TPSA) is 34.9 Å². The van der Waals surface area contributed by atoms with Gasteiger partial charge in [0.15, 0.2) is 5.78 Å². The van der Waals surface area contributed by atoms with Gasteiger partial charge >= 0.3 is 0 Å². The number of rotatable bonds is 3. The van der Waals surface area contributed by atoms with Crippen LogP contribution in [0.5, 0.6) is 0 Å². The van der Waals surface area contributed by atoms with E-state index >= 15 is 0 Å². The first-order chi connectivity index (χ1) is 8.08. The number of benzene rings is 1. The SMILES string of the molecule is Cn1cc(C(=O)Cc2cccc(Cl)c2F)cn1. The van der Waals surface area contributed by atoms with Gasteiger partial charge in [-0.2, -0.15) is 5.10 Å². The molecule has 1 heterocycles. The number of hydrogen-bond donors (Lipinski definition) is 0. The standard InChI is InChI=1S/C12H10ClFN2O/c1-16-7-9(6-15-16)11(17)5-8-3-2-4-10(13)12(8)14/h2-4,6-7H,5H2,1H3. The lowest BCUT2D eigenvalue weighted by atomic mass is 10.1. The molecule has 0 bridgehead atoms. The Balaban J connectivity index is 2.21. The summed E-state index contributed by atoms with van der Waals surface area (Å²) >= 11 is 5.64. The molecule has 3 nitrogen and oxygen atoms in total. The molecule has 0 aliphatic heterocycles. The monoisotopic (exact) mass is 252 g/mol. The van der Waals surface area contributed by atoms with Crippen LogP contribution in [-0.2, 0) is 13.5 Å². The van der Waals surface area contributed by atoms with Crippen molar-refractivity contribution in [3.8, 4) is 0 Å². The van der Waals surface area contributed by atoms with Gasteiger partial charge in [-0.3, -0.25) is 9.48 Å². The molecule has 0 aliphatic carbocycles. The second-order valence-electron chi connectivity index (χ2n) is 3.72. The quantitative estimate of drug-likeness (QED) is 0.787. The molecule has 0 saturated heterocycles. The lowest BCUT2D eigenvalue weighted by Crippen LogP contribution is -2.04. The molecule has 2 aromatic rings. The van der Waals surface area contributed by atoms with Gasteiger partial charge in [-0.1, -0.05) is 23.7 Å². The van der Waals surface area contributed by atoms with Gasteiger partial charge in [0.1, 0.15) is 5.82 Å². The molecule has 88 valence electrons. The average Bonchev–Trinajstić information content (AvgIpc) is 2.72. The van der Waals surface area contributed by atoms with E-state index in [-0.39, 0.29) is 17.2 Å². The minimum absolute atomic E-state index is 0.0158. The van der Waals surface area contributed by atoms with Crippen molar-refractivity contribution in [2.45, 2.75) is 6.42 Å². The Kier molecular flexibility index (Phi) is 3.24. The molecular weight excluding hydrogens is 243 g/mol. The average molecular weight is 253 g/mol. The Hall–Kier alpha value is -1.68. The molecule has 0 saturated carbocycles. The lowest BCUT2D eigenvalue weighted by Gasteiger charge is -2.02. The summed E-state index contributed by atoms with van der Waals surface area (Å²) in [6.07, 6.45) is 3.05. The van der Waals surface area contributed by atoms with Crippen molar-refractivity contribution in [1.82, 2.24) is 9.78 Å². The van der Waals surface area contributed by atoms with Gasteiger partial charge in [-0.05, 0) is 11.6 Å². The van der Waals surface area contributed by atoms with Crippen molar-refractivity contribution >= 4 is 17.4 Å². The highest BCUT2D eigenvalue weighted by molar-refractivity contribution is 6.30. The van der Waals surface area contributed by atoms with Crippen molar-refractivity contribution in [2.75, 3.05) is 0 Å². The summed E-state index contributed by atoms with van der Waals surface area (Å²) in [6.45, 7) is 0. The van der Waals surface area contributed by atoms with Crippen LogP contribution in [0.2, 0.25) is 5.02 Å². The molecule has 17 heavy (non-hydrogen) atoms. The van der Waals surface area contributed by atoms with E-state index in [9.17, 15) is 9.18 Å². The number of ketones is 1. The van der Waals surface area contributed by atoms with Gasteiger partial charge in [0.05, 0.1) is 16.8 Å². The zero-order valence-corrected chi connectivity index (χ0v) is 9.91. The summed E-state index contributed by atoms with van der Waals surface area (Å²) in [7, 11) is 1.72. The van der Waals surface area contributed by atoms with Gasteiger partial charge < -0.3 is 0 Å². The van der Waals surface area contributed by atoms with Crippen LogP contribution in [-0.4, -0.2) is 15.6 Å². The number of Topliss-reactive ketones (excluding diaryl/α,β-unsaturated/α-hetero) is 1. The fourth-order valence-electron chi connectivity index (χ4n) is 1.53. The molecule has 1 aromatic heterocycles. The van der Waals surface area contributed by atoms with Crippen LogP contribution >= 0.6 is 11.6 Å². The van der Waals surface area contributed by atoms with Crippen molar-refractivity contribution in [2.24, 2.45) is 7.05 Å². The molecule has 2 rings (SSSR count). The third-order valence-corrected chi connectivity index (χ3v) is 2.70. The summed E-state index contributed by atoms with van der Waals surface area (Å²) in [5.74, 6) is -0.717. The molecular formula is C12H10ClFN2O. The van der Waals surface area contributed by atoms with E-state index in [0.29, 0.717) is 11.1 Å². The number of hydrogen-bond acceptors (Lipinski definition) is 2. The number of aryl methyl sites for hydroxylation is 1. The number of aromatic nitrogens is 2. The molecule has 0 spiro atoms. The highest BCUT2D eigenvalue weighted by atomic mass is 35.5. The van der Waals surface area contributed by atoms with Gasteiger partial charge in [-0.15, -0.1) is 0 Å². The van der Waals surface area contributed by atoms with E-state index < -0.39 is 5.82 Å². The number of halogens is 2. The highest BCUT2D eigenvalue weighted by Gasteiger charge is 2.13. The fraction of sp³-hybridized carbons (Fsp3) is 0.167. The van der Waals surface area contributed by atoms with Gasteiger partial charge in [0.2, 0.25) is 0 Å². The van der Waals surface area contributed by atoms with Crippen LogP contribution < -0.4 is 0 Å². The van der Waals surface area contributed by atoms with Crippen LogP contribution in [0.15, 0.2) is 30.6 Å². The second kappa shape index (κ2) is 4.67. The molecule has 0 unspecified atom stereocenters. The van der Waals surface area contributed by atoms with Crippen LogP contribution in [0.4, 0.5) is 4.39 Å². The zero-order valence-electron chi connectivity index (χ0n) is 9.15. The third-order valence-electron chi connectivity index (χ3n) is 2.41. The third kappa shape index (κ3) is 2.53. The van der Waals surface area contributed by atoms with Crippen LogP contribution in [0, 0.1) is 5.82 Å². The van der Waals surface area contributed by atoms with Crippen LogP contribution in [0.3, 0.4) is 0 Å². The molecule has 0 aliphatic rings. The predicted molar refractivity (Wildman–Crippen MR) is 62.7 cm³/mol. The first-order valence-corrected chi connectivity index (χ1v) is 5.40. The van der Waals surface area contributed by atoms with Gasteiger partial charge in [-0.25, -0.2) is 4.39 Å². The smallest absolute Gasteiger partial charge is 0.170 e. The summed E-state index contributed by atoms with van der Waals surface area (Å²) in [6, 6.07) is 4.63.